The Bertz CT molecular complexity index is 767. The largest absolute Gasteiger partial charge is 0.493 e. The topological polar surface area (TPSA) is 76.2 Å². The van der Waals surface area contributed by atoms with Crippen LogP contribution in [0.15, 0.2) is 31.0 Å². The molecule has 1 aliphatic rings. The molecule has 2 heterocycles. The van der Waals surface area contributed by atoms with Crippen molar-refractivity contribution >= 4 is 11.7 Å². The van der Waals surface area contributed by atoms with Gasteiger partial charge in [0.1, 0.15) is 5.82 Å². The van der Waals surface area contributed by atoms with Crippen LogP contribution in [-0.2, 0) is 11.2 Å². The van der Waals surface area contributed by atoms with Crippen LogP contribution < -0.4 is 14.8 Å². The third kappa shape index (κ3) is 2.87. The summed E-state index contributed by atoms with van der Waals surface area (Å²) in [6.45, 7) is 6.28. The predicted molar refractivity (Wildman–Crippen MR) is 91.7 cm³/mol. The van der Waals surface area contributed by atoms with Gasteiger partial charge in [-0.1, -0.05) is 12.1 Å². The number of nitrogens with zero attached hydrogens (tertiary/aromatic N) is 1. The van der Waals surface area contributed by atoms with Gasteiger partial charge in [0.2, 0.25) is 5.91 Å². The minimum Gasteiger partial charge on any atom is -0.493 e. The minimum absolute atomic E-state index is 0.0317. The molecule has 0 aliphatic carbocycles. The number of carbonyl (C=O) groups is 1. The number of aromatic amines is 1. The van der Waals surface area contributed by atoms with Crippen molar-refractivity contribution in [2.75, 3.05) is 19.0 Å². The second-order valence-corrected chi connectivity index (χ2v) is 5.64. The highest BCUT2D eigenvalue weighted by molar-refractivity contribution is 5.94. The van der Waals surface area contributed by atoms with Crippen molar-refractivity contribution in [2.45, 2.75) is 25.7 Å². The lowest BCUT2D eigenvalue weighted by atomic mass is 9.86. The molecule has 24 heavy (non-hydrogen) atoms. The molecule has 6 nitrogen and oxygen atoms in total. The Kier molecular flexibility index (Phi) is 4.55. The molecule has 6 heteroatoms. The number of hydrogen-bond donors (Lipinski definition) is 2. The predicted octanol–water partition coefficient (Wildman–Crippen LogP) is 3.02. The van der Waals surface area contributed by atoms with Crippen molar-refractivity contribution in [1.82, 2.24) is 10.2 Å². The normalized spacial score (nSPS) is 16.2. The second kappa shape index (κ2) is 6.78. The van der Waals surface area contributed by atoms with Crippen LogP contribution in [0.5, 0.6) is 11.5 Å². The van der Waals surface area contributed by atoms with Crippen molar-refractivity contribution < 1.29 is 14.3 Å². The first-order chi connectivity index (χ1) is 11.7. The second-order valence-electron chi connectivity index (χ2n) is 5.64. The molecule has 0 radical (unpaired) electrons. The van der Waals surface area contributed by atoms with Crippen LogP contribution in [0.3, 0.4) is 0 Å². The Morgan fingerprint density at radius 2 is 2.29 bits per heavy atom. The fourth-order valence-corrected chi connectivity index (χ4v) is 3.13. The number of aromatic nitrogens is 2. The lowest BCUT2D eigenvalue weighted by molar-refractivity contribution is -0.116. The molecule has 2 aromatic rings. The molecule has 126 valence electrons. The number of fused-ring (bicyclic) bond motifs is 1. The molecule has 2 N–H and O–H groups in total. The lowest BCUT2D eigenvalue weighted by Crippen LogP contribution is -2.23. The zero-order chi connectivity index (χ0) is 17.1. The SMILES string of the molecule is C=CCc1cc([C@H]2CC(=O)Nc3[nH]ncc32)cc(OCC)c1OC. The summed E-state index contributed by atoms with van der Waals surface area (Å²) >= 11 is 0. The first-order valence-electron chi connectivity index (χ1n) is 7.95. The molecule has 1 aliphatic heterocycles. The van der Waals surface area contributed by atoms with Gasteiger partial charge in [-0.25, -0.2) is 0 Å². The summed E-state index contributed by atoms with van der Waals surface area (Å²) in [5.74, 6) is 1.96. The van der Waals surface area contributed by atoms with Gasteiger partial charge < -0.3 is 14.8 Å². The Balaban J connectivity index is 2.11. The van der Waals surface area contributed by atoms with Gasteiger partial charge in [0, 0.05) is 23.5 Å². The number of H-pyrrole nitrogens is 1. The molecule has 1 atom stereocenters. The van der Waals surface area contributed by atoms with Gasteiger partial charge in [-0.15, -0.1) is 6.58 Å². The van der Waals surface area contributed by atoms with Gasteiger partial charge in [0.05, 0.1) is 19.9 Å². The quantitative estimate of drug-likeness (QED) is 0.800. The Hall–Kier alpha value is -2.76. The number of benzene rings is 1. The first kappa shape index (κ1) is 16.1. The number of methoxy groups -OCH3 is 1. The number of ether oxygens (including phenoxy) is 2. The van der Waals surface area contributed by atoms with Crippen LogP contribution in [0.2, 0.25) is 0 Å². The first-order valence-corrected chi connectivity index (χ1v) is 7.95. The standard InChI is InChI=1S/C18H21N3O3/c1-4-6-11-7-12(8-15(24-5-2)17(11)23-3)13-9-16(22)20-18-14(13)10-19-21-18/h4,7-8,10,13H,1,5-6,9H2,2-3H3,(H2,19,20,21,22)/t13-/m1/s1. The van der Waals surface area contributed by atoms with E-state index in [0.717, 1.165) is 16.7 Å². The molecule has 0 unspecified atom stereocenters. The Morgan fingerprint density at radius 3 is 3.00 bits per heavy atom. The number of allylic oxidation sites excluding steroid dienone is 1. The Labute approximate surface area is 140 Å². The van der Waals surface area contributed by atoms with E-state index in [1.807, 2.05) is 19.1 Å². The zero-order valence-corrected chi connectivity index (χ0v) is 13.9. The van der Waals surface area contributed by atoms with Gasteiger partial charge in [-0.2, -0.15) is 5.10 Å². The van der Waals surface area contributed by atoms with E-state index in [-0.39, 0.29) is 11.8 Å². The number of rotatable bonds is 6. The molecule has 0 spiro atoms. The molecule has 0 saturated carbocycles. The van der Waals surface area contributed by atoms with Crippen molar-refractivity contribution in [3.05, 3.63) is 47.7 Å². The number of carbonyl (C=O) groups excluding carboxylic acids is 1. The molecule has 0 bridgehead atoms. The van der Waals surface area contributed by atoms with Crippen LogP contribution in [0.25, 0.3) is 0 Å². The van der Waals surface area contributed by atoms with Gasteiger partial charge in [-0.05, 0) is 25.0 Å². The van der Waals surface area contributed by atoms with Crippen molar-refractivity contribution in [1.29, 1.82) is 0 Å². The van der Waals surface area contributed by atoms with Gasteiger partial charge >= 0.3 is 0 Å². The van der Waals surface area contributed by atoms with E-state index in [0.29, 0.717) is 36.8 Å². The average Bonchev–Trinajstić information content (AvgIpc) is 3.02. The van der Waals surface area contributed by atoms with Crippen LogP contribution in [0, 0.1) is 0 Å². The number of amides is 1. The smallest absolute Gasteiger partial charge is 0.226 e. The molecule has 0 saturated heterocycles. The Morgan fingerprint density at radius 1 is 1.46 bits per heavy atom. The average molecular weight is 327 g/mol. The third-order valence-electron chi connectivity index (χ3n) is 4.12. The van der Waals surface area contributed by atoms with Crippen LogP contribution in [-0.4, -0.2) is 29.8 Å². The molecule has 3 rings (SSSR count). The van der Waals surface area contributed by atoms with E-state index in [9.17, 15) is 4.79 Å². The maximum Gasteiger partial charge on any atom is 0.226 e. The third-order valence-corrected chi connectivity index (χ3v) is 4.12. The monoisotopic (exact) mass is 327 g/mol. The summed E-state index contributed by atoms with van der Waals surface area (Å²) in [5, 5.41) is 9.70. The number of nitrogens with one attached hydrogen (secondary N) is 2. The minimum atomic E-state index is -0.0684. The summed E-state index contributed by atoms with van der Waals surface area (Å²) in [6, 6.07) is 4.01. The van der Waals surface area contributed by atoms with Gasteiger partial charge in [0.15, 0.2) is 11.5 Å². The van der Waals surface area contributed by atoms with E-state index in [1.54, 1.807) is 13.3 Å². The lowest BCUT2D eigenvalue weighted by Gasteiger charge is -2.24. The van der Waals surface area contributed by atoms with E-state index < -0.39 is 0 Å². The van der Waals surface area contributed by atoms with Gasteiger partial charge in [-0.3, -0.25) is 9.89 Å². The maximum absolute atomic E-state index is 12.0. The van der Waals surface area contributed by atoms with E-state index in [2.05, 4.69) is 28.2 Å². The fraction of sp³-hybridized carbons (Fsp3) is 0.333. The summed E-state index contributed by atoms with van der Waals surface area (Å²) in [4.78, 5) is 12.0. The van der Waals surface area contributed by atoms with Crippen molar-refractivity contribution in [2.24, 2.45) is 0 Å². The number of anilines is 1. The van der Waals surface area contributed by atoms with Crippen LogP contribution in [0.1, 0.15) is 36.0 Å². The van der Waals surface area contributed by atoms with E-state index >= 15 is 0 Å². The molecule has 1 aromatic heterocycles. The van der Waals surface area contributed by atoms with Crippen molar-refractivity contribution in [3.63, 3.8) is 0 Å². The maximum atomic E-state index is 12.0. The highest BCUT2D eigenvalue weighted by atomic mass is 16.5. The summed E-state index contributed by atoms with van der Waals surface area (Å²) in [7, 11) is 1.63. The zero-order valence-electron chi connectivity index (χ0n) is 13.9. The van der Waals surface area contributed by atoms with Crippen LogP contribution in [0.4, 0.5) is 5.82 Å². The summed E-state index contributed by atoms with van der Waals surface area (Å²) in [5.41, 5.74) is 2.98. The highest BCUT2D eigenvalue weighted by Crippen LogP contribution is 2.41. The highest BCUT2D eigenvalue weighted by Gasteiger charge is 2.29. The van der Waals surface area contributed by atoms with Gasteiger partial charge in [0.25, 0.3) is 0 Å². The molecule has 0 fully saturated rings. The summed E-state index contributed by atoms with van der Waals surface area (Å²) < 4.78 is 11.3. The molecule has 1 amide bonds. The van der Waals surface area contributed by atoms with Crippen LogP contribution >= 0.6 is 0 Å². The molecular weight excluding hydrogens is 306 g/mol. The van der Waals surface area contributed by atoms with Crippen molar-refractivity contribution in [3.8, 4) is 11.5 Å². The fourth-order valence-electron chi connectivity index (χ4n) is 3.13. The summed E-state index contributed by atoms with van der Waals surface area (Å²) in [6.07, 6.45) is 4.62. The van der Waals surface area contributed by atoms with E-state index in [4.69, 9.17) is 9.47 Å². The number of hydrogen-bond acceptors (Lipinski definition) is 4. The molecular formula is C18H21N3O3. The molecule has 1 aromatic carbocycles. The van der Waals surface area contributed by atoms with E-state index in [1.165, 1.54) is 0 Å².